The fraction of sp³-hybridized carbons (Fsp3) is 0.615. The number of piperazine rings is 2. The molecule has 2 aromatic carbocycles. The molecule has 1 aromatic heterocycles. The summed E-state index contributed by atoms with van der Waals surface area (Å²) in [4.78, 5) is 75.5. The number of rotatable bonds is 17. The van der Waals surface area contributed by atoms with E-state index in [9.17, 15) is 24.3 Å². The quantitative estimate of drug-likeness (QED) is 0.146. The van der Waals surface area contributed by atoms with E-state index in [2.05, 4.69) is 59.7 Å². The molecule has 17 heteroatoms. The van der Waals surface area contributed by atoms with Crippen molar-refractivity contribution >= 4 is 41.0 Å². The van der Waals surface area contributed by atoms with Gasteiger partial charge in [0.1, 0.15) is 12.1 Å². The molecule has 69 heavy (non-hydrogen) atoms. The third kappa shape index (κ3) is 12.6. The van der Waals surface area contributed by atoms with Gasteiger partial charge in [0.25, 0.3) is 5.91 Å². The number of likely N-dealkylation sites (tertiary alicyclic amines) is 2. The monoisotopic (exact) mass is 966 g/mol. The minimum atomic E-state index is -0.564. The minimum Gasteiger partial charge on any atom is -0.387 e. The lowest BCUT2D eigenvalue weighted by Crippen LogP contribution is -2.51. The summed E-state index contributed by atoms with van der Waals surface area (Å²) in [5.41, 5.74) is 4.53. The van der Waals surface area contributed by atoms with E-state index >= 15 is 0 Å². The van der Waals surface area contributed by atoms with Crippen molar-refractivity contribution in [3.63, 3.8) is 0 Å². The van der Waals surface area contributed by atoms with E-state index in [0.29, 0.717) is 102 Å². The molecule has 0 spiro atoms. The first-order valence-electron chi connectivity index (χ1n) is 25.7. The number of hydrogen-bond donors (Lipinski definition) is 4. The largest absolute Gasteiger partial charge is 0.387 e. The van der Waals surface area contributed by atoms with Crippen molar-refractivity contribution in [2.45, 2.75) is 81.8 Å². The Bertz CT molecular complexity index is 2240. The first-order chi connectivity index (χ1) is 33.6. The summed E-state index contributed by atoms with van der Waals surface area (Å²) in [7, 11) is 0. The number of hydrogen-bond acceptors (Lipinski definition) is 12. The molecule has 6 aliphatic rings. The van der Waals surface area contributed by atoms with Gasteiger partial charge < -0.3 is 40.7 Å². The maximum absolute atomic E-state index is 14.1. The van der Waals surface area contributed by atoms with Gasteiger partial charge >= 0.3 is 0 Å². The van der Waals surface area contributed by atoms with E-state index in [4.69, 9.17) is 11.6 Å². The average molecular weight is 967 g/mol. The number of amides is 4. The minimum absolute atomic E-state index is 0.00974. The van der Waals surface area contributed by atoms with Crippen LogP contribution in [0.1, 0.15) is 108 Å². The third-order valence-corrected chi connectivity index (χ3v) is 15.7. The van der Waals surface area contributed by atoms with Crippen LogP contribution in [0.15, 0.2) is 54.9 Å². The Morgan fingerprint density at radius 3 is 2.32 bits per heavy atom. The number of halogens is 1. The summed E-state index contributed by atoms with van der Waals surface area (Å²) < 4.78 is 0. The highest BCUT2D eigenvalue weighted by atomic mass is 35.5. The first-order valence-corrected chi connectivity index (χ1v) is 26.1. The van der Waals surface area contributed by atoms with E-state index in [1.165, 1.54) is 19.2 Å². The lowest BCUT2D eigenvalue weighted by Gasteiger charge is -2.39. The van der Waals surface area contributed by atoms with Crippen molar-refractivity contribution in [1.82, 2.24) is 50.4 Å². The van der Waals surface area contributed by atoms with Crippen LogP contribution in [0.4, 0.5) is 5.82 Å². The first kappa shape index (κ1) is 49.3. The van der Waals surface area contributed by atoms with Crippen LogP contribution in [0.2, 0.25) is 5.02 Å². The van der Waals surface area contributed by atoms with Gasteiger partial charge in [0, 0.05) is 120 Å². The van der Waals surface area contributed by atoms with Gasteiger partial charge in [-0.3, -0.25) is 29.0 Å². The number of aromatic nitrogens is 2. The summed E-state index contributed by atoms with van der Waals surface area (Å²) in [5, 5.41) is 21.0. The zero-order valence-electron chi connectivity index (χ0n) is 40.4. The number of benzene rings is 2. The molecule has 4 saturated heterocycles. The van der Waals surface area contributed by atoms with Gasteiger partial charge in [-0.05, 0) is 105 Å². The van der Waals surface area contributed by atoms with E-state index in [1.807, 2.05) is 51.1 Å². The summed E-state index contributed by atoms with van der Waals surface area (Å²) in [6, 6.07) is 16.1. The molecule has 1 saturated carbocycles. The van der Waals surface area contributed by atoms with Gasteiger partial charge in [-0.2, -0.15) is 0 Å². The Hall–Kier alpha value is -4.71. The van der Waals surface area contributed by atoms with Crippen molar-refractivity contribution in [2.75, 3.05) is 123 Å². The average Bonchev–Trinajstić information content (AvgIpc) is 4.17. The number of nitrogens with zero attached hydrogens (tertiary/aromatic N) is 8. The molecular formula is C52H72ClN11O5. The smallest absolute Gasteiger partial charge is 0.253 e. The van der Waals surface area contributed by atoms with E-state index in [1.54, 1.807) is 0 Å². The molecule has 4 aliphatic heterocycles. The van der Waals surface area contributed by atoms with Gasteiger partial charge in [-0.25, -0.2) is 9.97 Å². The lowest BCUT2D eigenvalue weighted by atomic mass is 9.89. The second-order valence-electron chi connectivity index (χ2n) is 20.4. The number of anilines is 1. The Morgan fingerprint density at radius 2 is 1.57 bits per heavy atom. The molecule has 4 amide bonds. The molecule has 1 unspecified atom stereocenters. The van der Waals surface area contributed by atoms with Crippen LogP contribution in [0.25, 0.3) is 0 Å². The molecule has 3 aromatic rings. The van der Waals surface area contributed by atoms with Crippen LogP contribution in [0.5, 0.6) is 0 Å². The summed E-state index contributed by atoms with van der Waals surface area (Å²) in [6.07, 6.45) is 8.06. The maximum atomic E-state index is 14.1. The van der Waals surface area contributed by atoms with Crippen LogP contribution in [0.3, 0.4) is 0 Å². The summed E-state index contributed by atoms with van der Waals surface area (Å²) in [6.45, 7) is 14.2. The molecule has 5 heterocycles. The molecule has 2 aliphatic carbocycles. The Morgan fingerprint density at radius 1 is 0.812 bits per heavy atom. The zero-order valence-corrected chi connectivity index (χ0v) is 41.1. The van der Waals surface area contributed by atoms with Crippen LogP contribution in [0, 0.1) is 5.92 Å². The molecule has 4 N–H and O–H groups in total. The van der Waals surface area contributed by atoms with Gasteiger partial charge in [-0.1, -0.05) is 42.8 Å². The highest BCUT2D eigenvalue weighted by molar-refractivity contribution is 6.30. The van der Waals surface area contributed by atoms with Crippen molar-refractivity contribution in [1.29, 1.82) is 0 Å². The Balaban J connectivity index is 0.658. The number of carbonyl (C=O) groups excluding carboxylic acids is 4. The molecule has 4 atom stereocenters. The van der Waals surface area contributed by atoms with Gasteiger partial charge in [0.05, 0.1) is 30.8 Å². The Labute approximate surface area is 412 Å². The maximum Gasteiger partial charge on any atom is 0.253 e. The fourth-order valence-corrected chi connectivity index (χ4v) is 11.3. The number of carbonyl (C=O) groups is 4. The second kappa shape index (κ2) is 23.0. The molecule has 9 rings (SSSR count). The second-order valence-corrected chi connectivity index (χ2v) is 20.8. The molecule has 0 radical (unpaired) electrons. The molecular weight excluding hydrogens is 894 g/mol. The van der Waals surface area contributed by atoms with E-state index in [0.717, 1.165) is 98.7 Å². The predicted molar refractivity (Wildman–Crippen MR) is 266 cm³/mol. The van der Waals surface area contributed by atoms with Crippen LogP contribution < -0.4 is 20.9 Å². The highest BCUT2D eigenvalue weighted by Crippen LogP contribution is 2.43. The van der Waals surface area contributed by atoms with Gasteiger partial charge in [0.15, 0.2) is 0 Å². The molecule has 5 fully saturated rings. The Kier molecular flexibility index (Phi) is 16.4. The summed E-state index contributed by atoms with van der Waals surface area (Å²) in [5.74, 6) is 1.79. The zero-order chi connectivity index (χ0) is 47.9. The normalized spacial score (nSPS) is 23.2. The van der Waals surface area contributed by atoms with E-state index in [-0.39, 0.29) is 35.5 Å². The van der Waals surface area contributed by atoms with Crippen molar-refractivity contribution in [3.8, 4) is 0 Å². The highest BCUT2D eigenvalue weighted by Gasteiger charge is 2.36. The predicted octanol–water partition coefficient (Wildman–Crippen LogP) is 3.44. The molecule has 372 valence electrons. The number of fused-ring (bicyclic) bond motifs is 1. The van der Waals surface area contributed by atoms with Crippen molar-refractivity contribution in [3.05, 3.63) is 87.8 Å². The number of aliphatic hydroxyl groups is 1. The SMILES string of the molecule is C[C@@H]1C[C@@H](O)c2ncnc(N3CCN(C(=O)[C@H](CNCCNC(=O)CN4CCC(CN5CCN(C(=O)c6cccc(C7CCCN(C(=O)CNC8CC8)C7)c6)CC5)CC4)c4ccc(Cl)cc4)CC3)c21. The van der Waals surface area contributed by atoms with Crippen molar-refractivity contribution in [2.24, 2.45) is 5.92 Å². The molecule has 16 nitrogen and oxygen atoms in total. The third-order valence-electron chi connectivity index (χ3n) is 15.5. The topological polar surface area (TPSA) is 170 Å². The van der Waals surface area contributed by atoms with Crippen molar-refractivity contribution < 1.29 is 24.3 Å². The van der Waals surface area contributed by atoms with E-state index < -0.39 is 12.0 Å². The number of nitrogens with one attached hydrogen (secondary N) is 3. The molecule has 0 bridgehead atoms. The van der Waals surface area contributed by atoms with Crippen LogP contribution in [-0.4, -0.2) is 187 Å². The number of piperidine rings is 2. The fourth-order valence-electron chi connectivity index (χ4n) is 11.2. The standard InChI is InChI=1S/C52H72ClN11O5/c1-36-28-45(65)49-48(36)50(58-35-57-49)61-24-26-63(27-25-61)52(69)44(38-7-9-42(53)10-8-38)30-54-15-16-55-46(66)34-59-18-13-37(14-19-59)32-60-20-22-62(23-21-60)51(68)40-5-2-4-39(29-40)41-6-3-17-64(33-41)47(67)31-56-43-11-12-43/h2,4-5,7-10,29,35-37,41,43-45,54,56,65H,3,6,11-28,30-34H2,1H3,(H,55,66)/t36-,41?,44-,45-/m1/s1. The van der Waals surface area contributed by atoms with Gasteiger partial charge in [-0.15, -0.1) is 0 Å². The van der Waals surface area contributed by atoms with Crippen LogP contribution in [-0.2, 0) is 14.4 Å². The summed E-state index contributed by atoms with van der Waals surface area (Å²) >= 11 is 6.23. The lowest BCUT2D eigenvalue weighted by molar-refractivity contribution is -0.133. The van der Waals surface area contributed by atoms with Crippen LogP contribution >= 0.6 is 11.6 Å². The number of aliphatic hydroxyl groups excluding tert-OH is 1. The van der Waals surface area contributed by atoms with Gasteiger partial charge in [0.2, 0.25) is 17.7 Å².